The van der Waals surface area contributed by atoms with Gasteiger partial charge in [0.1, 0.15) is 6.42 Å². The minimum Gasteiger partial charge on any atom is -0.392 e. The van der Waals surface area contributed by atoms with Crippen molar-refractivity contribution in [1.82, 2.24) is 5.48 Å². The fraction of sp³-hybridized carbons (Fsp3) is 0.200. The molecular formula is C10H12N2O4. The van der Waals surface area contributed by atoms with Gasteiger partial charge in [-0.05, 0) is 17.7 Å². The normalized spacial score (nSPS) is 9.62. The van der Waals surface area contributed by atoms with Crippen LogP contribution in [-0.2, 0) is 16.2 Å². The zero-order valence-corrected chi connectivity index (χ0v) is 8.43. The van der Waals surface area contributed by atoms with Gasteiger partial charge in [-0.25, -0.2) is 5.48 Å². The van der Waals surface area contributed by atoms with Gasteiger partial charge in [0.25, 0.3) is 5.91 Å². The van der Waals surface area contributed by atoms with Crippen LogP contribution in [0.15, 0.2) is 24.3 Å². The summed E-state index contributed by atoms with van der Waals surface area (Å²) in [6, 6.07) is 6.53. The largest absolute Gasteiger partial charge is 0.392 e. The number of rotatable bonds is 4. The predicted octanol–water partition coefficient (Wildman–Crippen LogP) is 0.0129. The van der Waals surface area contributed by atoms with E-state index in [1.165, 1.54) is 5.48 Å². The molecule has 6 nitrogen and oxygen atoms in total. The first-order valence-corrected chi connectivity index (χ1v) is 4.58. The molecule has 0 unspecified atom stereocenters. The number of anilines is 1. The highest BCUT2D eigenvalue weighted by Crippen LogP contribution is 2.09. The number of carbonyl (C=O) groups excluding carboxylic acids is 2. The van der Waals surface area contributed by atoms with E-state index in [4.69, 9.17) is 10.3 Å². The van der Waals surface area contributed by atoms with E-state index in [-0.39, 0.29) is 6.61 Å². The third kappa shape index (κ3) is 3.68. The molecule has 86 valence electrons. The molecular weight excluding hydrogens is 212 g/mol. The Morgan fingerprint density at radius 2 is 1.75 bits per heavy atom. The maximum atomic E-state index is 11.2. The second-order valence-corrected chi connectivity index (χ2v) is 3.11. The molecule has 0 saturated carbocycles. The molecule has 1 rings (SSSR count). The standard InChI is InChI=1S/C10H12N2O4/c13-6-7-1-3-8(4-2-7)11-9(14)5-10(15)12-16/h1-4,13,16H,5-6H2,(H,11,14)(H,12,15). The molecule has 0 fully saturated rings. The summed E-state index contributed by atoms with van der Waals surface area (Å²) in [5, 5.41) is 19.5. The molecule has 1 aromatic carbocycles. The zero-order chi connectivity index (χ0) is 12.0. The summed E-state index contributed by atoms with van der Waals surface area (Å²) < 4.78 is 0. The smallest absolute Gasteiger partial charge is 0.252 e. The molecule has 1 aromatic rings. The summed E-state index contributed by atoms with van der Waals surface area (Å²) in [7, 11) is 0. The molecule has 0 aliphatic carbocycles. The monoisotopic (exact) mass is 224 g/mol. The molecule has 0 atom stereocenters. The molecule has 0 spiro atoms. The lowest BCUT2D eigenvalue weighted by Crippen LogP contribution is -2.25. The number of aliphatic hydroxyl groups excluding tert-OH is 1. The molecule has 0 aliphatic rings. The van der Waals surface area contributed by atoms with Crippen LogP contribution >= 0.6 is 0 Å². The third-order valence-electron chi connectivity index (χ3n) is 1.87. The molecule has 0 saturated heterocycles. The highest BCUT2D eigenvalue weighted by Gasteiger charge is 2.08. The summed E-state index contributed by atoms with van der Waals surface area (Å²) >= 11 is 0. The van der Waals surface area contributed by atoms with Crippen molar-refractivity contribution in [2.45, 2.75) is 13.0 Å². The van der Waals surface area contributed by atoms with Gasteiger partial charge < -0.3 is 10.4 Å². The molecule has 2 amide bonds. The fourth-order valence-electron chi connectivity index (χ4n) is 1.08. The van der Waals surface area contributed by atoms with Gasteiger partial charge in [-0.15, -0.1) is 0 Å². The number of hydrogen-bond acceptors (Lipinski definition) is 4. The van der Waals surface area contributed by atoms with Gasteiger partial charge in [-0.1, -0.05) is 12.1 Å². The van der Waals surface area contributed by atoms with Crippen LogP contribution in [-0.4, -0.2) is 22.1 Å². The molecule has 0 radical (unpaired) electrons. The lowest BCUT2D eigenvalue weighted by molar-refractivity contribution is -0.132. The van der Waals surface area contributed by atoms with Crippen molar-refractivity contribution in [3.05, 3.63) is 29.8 Å². The van der Waals surface area contributed by atoms with Crippen LogP contribution < -0.4 is 10.8 Å². The SMILES string of the molecule is O=C(CC(=O)Nc1ccc(CO)cc1)NO. The third-order valence-corrected chi connectivity index (χ3v) is 1.87. The number of hydroxylamine groups is 1. The van der Waals surface area contributed by atoms with Gasteiger partial charge in [-0.2, -0.15) is 0 Å². The van der Waals surface area contributed by atoms with E-state index in [1.807, 2.05) is 0 Å². The van der Waals surface area contributed by atoms with Gasteiger partial charge in [0, 0.05) is 5.69 Å². The second-order valence-electron chi connectivity index (χ2n) is 3.11. The van der Waals surface area contributed by atoms with Crippen LogP contribution in [0.4, 0.5) is 5.69 Å². The van der Waals surface area contributed by atoms with Crippen LogP contribution in [0.25, 0.3) is 0 Å². The Morgan fingerprint density at radius 3 is 2.25 bits per heavy atom. The van der Waals surface area contributed by atoms with Gasteiger partial charge in [-0.3, -0.25) is 14.8 Å². The van der Waals surface area contributed by atoms with Crippen LogP contribution in [0.3, 0.4) is 0 Å². The Morgan fingerprint density at radius 1 is 1.12 bits per heavy atom. The van der Waals surface area contributed by atoms with Gasteiger partial charge >= 0.3 is 0 Å². The number of hydrogen-bond donors (Lipinski definition) is 4. The van der Waals surface area contributed by atoms with E-state index in [2.05, 4.69) is 5.32 Å². The van der Waals surface area contributed by atoms with Crippen LogP contribution in [0.1, 0.15) is 12.0 Å². The topological polar surface area (TPSA) is 98.7 Å². The Hall–Kier alpha value is -1.92. The first-order chi connectivity index (χ1) is 7.65. The molecule has 0 bridgehead atoms. The molecule has 6 heteroatoms. The van der Waals surface area contributed by atoms with E-state index in [0.29, 0.717) is 5.69 Å². The van der Waals surface area contributed by atoms with Crippen molar-refractivity contribution in [1.29, 1.82) is 0 Å². The number of nitrogens with one attached hydrogen (secondary N) is 2. The minimum absolute atomic E-state index is 0.0683. The van der Waals surface area contributed by atoms with E-state index in [9.17, 15) is 9.59 Å². The summed E-state index contributed by atoms with van der Waals surface area (Å²) in [5.74, 6) is -1.30. The van der Waals surface area contributed by atoms with Crippen molar-refractivity contribution >= 4 is 17.5 Å². The van der Waals surface area contributed by atoms with E-state index < -0.39 is 18.2 Å². The van der Waals surface area contributed by atoms with Crippen LogP contribution in [0.5, 0.6) is 0 Å². The predicted molar refractivity (Wildman–Crippen MR) is 55.5 cm³/mol. The highest BCUT2D eigenvalue weighted by molar-refractivity contribution is 6.03. The molecule has 4 N–H and O–H groups in total. The van der Waals surface area contributed by atoms with Gasteiger partial charge in [0.05, 0.1) is 6.61 Å². The first-order valence-electron chi connectivity index (χ1n) is 4.58. The van der Waals surface area contributed by atoms with E-state index >= 15 is 0 Å². The Balaban J connectivity index is 2.52. The number of aliphatic hydroxyl groups is 1. The number of benzene rings is 1. The number of carbonyl (C=O) groups is 2. The zero-order valence-electron chi connectivity index (χ0n) is 8.43. The number of amides is 2. The molecule has 16 heavy (non-hydrogen) atoms. The Labute approximate surface area is 91.9 Å². The van der Waals surface area contributed by atoms with Crippen molar-refractivity contribution in [3.63, 3.8) is 0 Å². The quantitative estimate of drug-likeness (QED) is 0.329. The summed E-state index contributed by atoms with van der Waals surface area (Å²) in [5.41, 5.74) is 2.62. The van der Waals surface area contributed by atoms with Crippen LogP contribution in [0.2, 0.25) is 0 Å². The average Bonchev–Trinajstić information content (AvgIpc) is 2.29. The minimum atomic E-state index is -0.774. The summed E-state index contributed by atoms with van der Waals surface area (Å²) in [4.78, 5) is 21.9. The maximum absolute atomic E-state index is 11.2. The fourth-order valence-corrected chi connectivity index (χ4v) is 1.08. The Kier molecular flexibility index (Phi) is 4.43. The molecule has 0 aromatic heterocycles. The highest BCUT2D eigenvalue weighted by atomic mass is 16.5. The van der Waals surface area contributed by atoms with Crippen molar-refractivity contribution in [3.8, 4) is 0 Å². The van der Waals surface area contributed by atoms with E-state index in [0.717, 1.165) is 5.56 Å². The second kappa shape index (κ2) is 5.84. The molecule has 0 heterocycles. The Bertz CT molecular complexity index is 375. The van der Waals surface area contributed by atoms with Gasteiger partial charge in [0.2, 0.25) is 5.91 Å². The van der Waals surface area contributed by atoms with Crippen molar-refractivity contribution in [2.75, 3.05) is 5.32 Å². The lowest BCUT2D eigenvalue weighted by Gasteiger charge is -2.04. The summed E-state index contributed by atoms with van der Waals surface area (Å²) in [6.07, 6.45) is -0.446. The molecule has 0 aliphatic heterocycles. The summed E-state index contributed by atoms with van der Waals surface area (Å²) in [6.45, 7) is -0.0683. The van der Waals surface area contributed by atoms with Crippen molar-refractivity contribution in [2.24, 2.45) is 0 Å². The van der Waals surface area contributed by atoms with Crippen LogP contribution in [0, 0.1) is 0 Å². The van der Waals surface area contributed by atoms with E-state index in [1.54, 1.807) is 24.3 Å². The average molecular weight is 224 g/mol. The van der Waals surface area contributed by atoms with Gasteiger partial charge in [0.15, 0.2) is 0 Å². The van der Waals surface area contributed by atoms with Crippen molar-refractivity contribution < 1.29 is 19.9 Å². The lowest BCUT2D eigenvalue weighted by atomic mass is 10.2. The maximum Gasteiger partial charge on any atom is 0.252 e. The first kappa shape index (κ1) is 12.2.